The zero-order chi connectivity index (χ0) is 17.8. The van der Waals surface area contributed by atoms with Crippen molar-refractivity contribution < 1.29 is 9.53 Å². The number of amides is 2. The third-order valence-electron chi connectivity index (χ3n) is 4.63. The Hall–Kier alpha value is -2.57. The molecule has 1 aliphatic heterocycles. The molecule has 2 unspecified atom stereocenters. The van der Waals surface area contributed by atoms with E-state index in [0.29, 0.717) is 12.3 Å². The number of carbonyl (C=O) groups excluding carboxylic acids is 1. The van der Waals surface area contributed by atoms with Crippen molar-refractivity contribution in [2.45, 2.75) is 38.8 Å². The van der Waals surface area contributed by atoms with Crippen LogP contribution in [0.5, 0.6) is 5.75 Å². The maximum atomic E-state index is 12.7. The fourth-order valence-electron chi connectivity index (χ4n) is 3.26. The summed E-state index contributed by atoms with van der Waals surface area (Å²) in [5.74, 6) is 0.679. The van der Waals surface area contributed by atoms with Crippen molar-refractivity contribution in [2.24, 2.45) is 0 Å². The lowest BCUT2D eigenvalue weighted by atomic mass is 10.1. The van der Waals surface area contributed by atoms with E-state index in [1.165, 1.54) is 0 Å². The van der Waals surface area contributed by atoms with Crippen LogP contribution in [0.15, 0.2) is 30.9 Å². The molecule has 2 aromatic rings. The lowest BCUT2D eigenvalue weighted by Crippen LogP contribution is -2.46. The highest BCUT2D eigenvalue weighted by molar-refractivity contribution is 5.75. The number of nitrogens with one attached hydrogen (secondary N) is 1. The zero-order valence-electron chi connectivity index (χ0n) is 15.0. The summed E-state index contributed by atoms with van der Waals surface area (Å²) in [7, 11) is 1.61. The van der Waals surface area contributed by atoms with E-state index < -0.39 is 0 Å². The first-order valence-corrected chi connectivity index (χ1v) is 8.62. The number of aryl methyl sites for hydroxylation is 1. The van der Waals surface area contributed by atoms with Crippen molar-refractivity contribution >= 4 is 6.03 Å². The number of methoxy groups -OCH3 is 1. The third-order valence-corrected chi connectivity index (χ3v) is 4.63. The molecule has 3 rings (SSSR count). The monoisotopic (exact) mass is 343 g/mol. The number of rotatable bonds is 4. The van der Waals surface area contributed by atoms with Gasteiger partial charge in [0.1, 0.15) is 5.75 Å². The van der Waals surface area contributed by atoms with Crippen LogP contribution in [0.4, 0.5) is 4.79 Å². The van der Waals surface area contributed by atoms with E-state index in [0.717, 1.165) is 30.5 Å². The van der Waals surface area contributed by atoms with E-state index in [2.05, 4.69) is 15.4 Å². The van der Waals surface area contributed by atoms with Gasteiger partial charge >= 0.3 is 6.03 Å². The van der Waals surface area contributed by atoms with Crippen molar-refractivity contribution in [1.82, 2.24) is 25.0 Å². The van der Waals surface area contributed by atoms with E-state index in [1.54, 1.807) is 19.5 Å². The molecule has 1 fully saturated rings. The van der Waals surface area contributed by atoms with Gasteiger partial charge in [-0.25, -0.2) is 4.79 Å². The highest BCUT2D eigenvalue weighted by Crippen LogP contribution is 2.25. The van der Waals surface area contributed by atoms with Crippen molar-refractivity contribution in [1.29, 1.82) is 0 Å². The predicted octanol–water partition coefficient (Wildman–Crippen LogP) is 2.70. The number of hydrogen-bond donors (Lipinski definition) is 1. The number of nitrogens with zero attached hydrogens (tertiary/aromatic N) is 4. The zero-order valence-corrected chi connectivity index (χ0v) is 15.0. The summed E-state index contributed by atoms with van der Waals surface area (Å²) >= 11 is 0. The Bertz CT molecular complexity index is 730. The minimum absolute atomic E-state index is 0.0556. The molecule has 25 heavy (non-hydrogen) atoms. The smallest absolute Gasteiger partial charge is 0.317 e. The van der Waals surface area contributed by atoms with Crippen molar-refractivity contribution in [3.8, 4) is 5.75 Å². The molecule has 0 aromatic carbocycles. The lowest BCUT2D eigenvalue weighted by Gasteiger charge is -2.33. The summed E-state index contributed by atoms with van der Waals surface area (Å²) < 4.78 is 7.31. The topological polar surface area (TPSA) is 72.3 Å². The van der Waals surface area contributed by atoms with Crippen molar-refractivity contribution in [3.05, 3.63) is 42.0 Å². The summed E-state index contributed by atoms with van der Waals surface area (Å²) in [5, 5.41) is 7.47. The van der Waals surface area contributed by atoms with Crippen molar-refractivity contribution in [2.75, 3.05) is 20.2 Å². The van der Waals surface area contributed by atoms with Gasteiger partial charge in [0.15, 0.2) is 0 Å². The second-order valence-electron chi connectivity index (χ2n) is 6.53. The highest BCUT2D eigenvalue weighted by atomic mass is 16.5. The fraction of sp³-hybridized carbons (Fsp3) is 0.500. The predicted molar refractivity (Wildman–Crippen MR) is 94.5 cm³/mol. The largest absolute Gasteiger partial charge is 0.495 e. The molecule has 0 aliphatic carbocycles. The molecule has 2 aromatic heterocycles. The standard InChI is InChI=1S/C18H25N5O2/c1-13-9-20-23(11-13)15-5-4-8-22(12-15)18(24)21-14(2)16-6-7-19-10-17(16)25-3/h6-7,9-11,14-15H,4-5,8,12H2,1-3H3,(H,21,24). The molecule has 2 amide bonds. The van der Waals surface area contributed by atoms with E-state index in [1.807, 2.05) is 41.9 Å². The summed E-state index contributed by atoms with van der Waals surface area (Å²) in [4.78, 5) is 18.6. The van der Waals surface area contributed by atoms with Crippen LogP contribution < -0.4 is 10.1 Å². The minimum Gasteiger partial charge on any atom is -0.495 e. The van der Waals surface area contributed by atoms with Crippen LogP contribution in [0.25, 0.3) is 0 Å². The Morgan fingerprint density at radius 3 is 3.00 bits per heavy atom. The average molecular weight is 343 g/mol. The number of aromatic nitrogens is 3. The Balaban J connectivity index is 1.64. The summed E-state index contributed by atoms with van der Waals surface area (Å²) in [6.07, 6.45) is 9.28. The van der Waals surface area contributed by atoms with Gasteiger partial charge in [0.05, 0.1) is 31.6 Å². The van der Waals surface area contributed by atoms with Gasteiger partial charge in [0.25, 0.3) is 0 Å². The number of likely N-dealkylation sites (tertiary alicyclic amines) is 1. The molecule has 0 saturated carbocycles. The van der Waals surface area contributed by atoms with Gasteiger partial charge in [0, 0.05) is 31.0 Å². The molecule has 2 atom stereocenters. The van der Waals surface area contributed by atoms with Gasteiger partial charge in [-0.15, -0.1) is 0 Å². The average Bonchev–Trinajstić information content (AvgIpc) is 3.08. The molecule has 1 aliphatic rings. The second kappa shape index (κ2) is 7.55. The lowest BCUT2D eigenvalue weighted by molar-refractivity contribution is 0.160. The quantitative estimate of drug-likeness (QED) is 0.926. The number of carbonyl (C=O) groups is 1. The Morgan fingerprint density at radius 1 is 1.44 bits per heavy atom. The number of urea groups is 1. The molecule has 1 N–H and O–H groups in total. The maximum Gasteiger partial charge on any atom is 0.317 e. The Morgan fingerprint density at radius 2 is 2.28 bits per heavy atom. The van der Waals surface area contributed by atoms with Gasteiger partial charge in [-0.05, 0) is 38.3 Å². The van der Waals surface area contributed by atoms with Crippen LogP contribution in [0.2, 0.25) is 0 Å². The van der Waals surface area contributed by atoms with Gasteiger partial charge < -0.3 is 15.0 Å². The molecule has 3 heterocycles. The van der Waals surface area contributed by atoms with Crippen LogP contribution in [-0.2, 0) is 0 Å². The summed E-state index contributed by atoms with van der Waals surface area (Å²) in [6, 6.07) is 1.90. The molecule has 1 saturated heterocycles. The van der Waals surface area contributed by atoms with Crippen LogP contribution in [0.3, 0.4) is 0 Å². The van der Waals surface area contributed by atoms with Crippen LogP contribution in [0, 0.1) is 6.92 Å². The SMILES string of the molecule is COc1cnccc1C(C)NC(=O)N1CCCC(n2cc(C)cn2)C1. The van der Waals surface area contributed by atoms with Gasteiger partial charge in [-0.1, -0.05) is 0 Å². The number of pyridine rings is 1. The van der Waals surface area contributed by atoms with Crippen LogP contribution in [0.1, 0.15) is 43.0 Å². The third kappa shape index (κ3) is 3.92. The van der Waals surface area contributed by atoms with E-state index in [-0.39, 0.29) is 18.1 Å². The van der Waals surface area contributed by atoms with E-state index in [9.17, 15) is 4.79 Å². The van der Waals surface area contributed by atoms with Crippen LogP contribution >= 0.6 is 0 Å². The summed E-state index contributed by atoms with van der Waals surface area (Å²) in [5.41, 5.74) is 2.06. The fourth-order valence-corrected chi connectivity index (χ4v) is 3.26. The molecule has 7 nitrogen and oxygen atoms in total. The molecular formula is C18H25N5O2. The highest BCUT2D eigenvalue weighted by Gasteiger charge is 2.26. The Labute approximate surface area is 148 Å². The molecule has 134 valence electrons. The summed E-state index contributed by atoms with van der Waals surface area (Å²) in [6.45, 7) is 5.42. The number of piperidine rings is 1. The van der Waals surface area contributed by atoms with Crippen molar-refractivity contribution in [3.63, 3.8) is 0 Å². The van der Waals surface area contributed by atoms with E-state index >= 15 is 0 Å². The first-order valence-electron chi connectivity index (χ1n) is 8.62. The van der Waals surface area contributed by atoms with Gasteiger partial charge in [-0.2, -0.15) is 5.10 Å². The second-order valence-corrected chi connectivity index (χ2v) is 6.53. The molecule has 0 spiro atoms. The maximum absolute atomic E-state index is 12.7. The van der Waals surface area contributed by atoms with E-state index in [4.69, 9.17) is 4.74 Å². The molecule has 7 heteroatoms. The number of ether oxygens (including phenoxy) is 1. The van der Waals surface area contributed by atoms with Gasteiger partial charge in [0.2, 0.25) is 0 Å². The van der Waals surface area contributed by atoms with Gasteiger partial charge in [-0.3, -0.25) is 9.67 Å². The molecule has 0 radical (unpaired) electrons. The first kappa shape index (κ1) is 17.3. The normalized spacial score (nSPS) is 18.7. The molecular weight excluding hydrogens is 318 g/mol. The molecule has 0 bridgehead atoms. The minimum atomic E-state index is -0.155. The van der Waals surface area contributed by atoms with Crippen LogP contribution in [-0.4, -0.2) is 45.9 Å². The Kier molecular flexibility index (Phi) is 5.21. The first-order chi connectivity index (χ1) is 12.1. The number of hydrogen-bond acceptors (Lipinski definition) is 4.